The molecule has 0 radical (unpaired) electrons. The zero-order chi connectivity index (χ0) is 9.90. The summed E-state index contributed by atoms with van der Waals surface area (Å²) in [5, 5.41) is 0. The molecular formula is C7H12N2O3S. The number of nitrogens with zero attached hydrogens (tertiary/aromatic N) is 2. The molecule has 0 bridgehead atoms. The number of hydrogen-bond donors (Lipinski definition) is 0. The van der Waals surface area contributed by atoms with Gasteiger partial charge in [0.1, 0.15) is 0 Å². The summed E-state index contributed by atoms with van der Waals surface area (Å²) in [7, 11) is -3.75. The number of hydrogen-bond acceptors (Lipinski definition) is 3. The zero-order valence-corrected chi connectivity index (χ0v) is 8.25. The Morgan fingerprint density at radius 3 is 2.69 bits per heavy atom. The summed E-state index contributed by atoms with van der Waals surface area (Å²) in [6, 6.07) is -0.0594. The lowest BCUT2D eigenvalue weighted by Gasteiger charge is -2.29. The number of carbonyl (C=O) groups excluding carboxylic acids is 1. The predicted octanol–water partition coefficient (Wildman–Crippen LogP) is 0.441. The molecule has 5 nitrogen and oxygen atoms in total. The van der Waals surface area contributed by atoms with Crippen LogP contribution in [0, 0.1) is 0 Å². The minimum absolute atomic E-state index is 0.0594. The quantitative estimate of drug-likeness (QED) is 0.484. The normalized spacial score (nSPS) is 25.2. The van der Waals surface area contributed by atoms with Crippen molar-refractivity contribution in [3.8, 4) is 0 Å². The standard InChI is InChI=1S/C7H12N2O3S/c1-7-4-2-3-5-9(7)13(11,12)8-6-10/h7H,2-5H2,1H3. The van der Waals surface area contributed by atoms with Gasteiger partial charge in [-0.1, -0.05) is 10.8 Å². The Hall–Kier alpha value is -0.710. The molecule has 0 amide bonds. The van der Waals surface area contributed by atoms with E-state index in [1.54, 1.807) is 0 Å². The molecule has 13 heavy (non-hydrogen) atoms. The Kier molecular flexibility index (Phi) is 3.19. The van der Waals surface area contributed by atoms with Gasteiger partial charge in [-0.15, -0.1) is 0 Å². The second-order valence-electron chi connectivity index (χ2n) is 3.12. The molecule has 0 spiro atoms. The maximum Gasteiger partial charge on any atom is 0.333 e. The summed E-state index contributed by atoms with van der Waals surface area (Å²) < 4.78 is 26.7. The van der Waals surface area contributed by atoms with Crippen molar-refractivity contribution in [2.24, 2.45) is 4.40 Å². The topological polar surface area (TPSA) is 66.8 Å². The summed E-state index contributed by atoms with van der Waals surface area (Å²) >= 11 is 0. The SMILES string of the molecule is CC1CCCCN1S(=O)(=O)N=C=O. The molecule has 74 valence electrons. The van der Waals surface area contributed by atoms with E-state index < -0.39 is 10.2 Å². The first-order valence-electron chi connectivity index (χ1n) is 4.19. The van der Waals surface area contributed by atoms with Crippen LogP contribution >= 0.6 is 0 Å². The third-order valence-electron chi connectivity index (χ3n) is 2.19. The lowest BCUT2D eigenvalue weighted by Crippen LogP contribution is -2.40. The summed E-state index contributed by atoms with van der Waals surface area (Å²) in [4.78, 5) is 9.87. The first-order valence-corrected chi connectivity index (χ1v) is 5.58. The van der Waals surface area contributed by atoms with E-state index in [4.69, 9.17) is 0 Å². The molecule has 1 saturated heterocycles. The second-order valence-corrected chi connectivity index (χ2v) is 4.66. The molecule has 0 N–H and O–H groups in total. The molecular weight excluding hydrogens is 192 g/mol. The van der Waals surface area contributed by atoms with Crippen LogP contribution in [0.5, 0.6) is 0 Å². The maximum atomic E-state index is 11.3. The van der Waals surface area contributed by atoms with Crippen molar-refractivity contribution < 1.29 is 13.2 Å². The molecule has 1 aliphatic rings. The molecule has 1 atom stereocenters. The van der Waals surface area contributed by atoms with Crippen LogP contribution in [-0.2, 0) is 15.0 Å². The van der Waals surface area contributed by atoms with Gasteiger partial charge in [0, 0.05) is 12.6 Å². The van der Waals surface area contributed by atoms with Gasteiger partial charge in [0.05, 0.1) is 0 Å². The van der Waals surface area contributed by atoms with Gasteiger partial charge in [-0.2, -0.15) is 12.7 Å². The highest BCUT2D eigenvalue weighted by Crippen LogP contribution is 2.20. The fourth-order valence-corrected chi connectivity index (χ4v) is 2.63. The van der Waals surface area contributed by atoms with Crippen molar-refractivity contribution in [2.45, 2.75) is 32.2 Å². The van der Waals surface area contributed by atoms with E-state index in [2.05, 4.69) is 4.40 Å². The third-order valence-corrected chi connectivity index (χ3v) is 3.63. The van der Waals surface area contributed by atoms with E-state index in [1.807, 2.05) is 6.92 Å². The van der Waals surface area contributed by atoms with Crippen LogP contribution in [0.3, 0.4) is 0 Å². The molecule has 0 aliphatic carbocycles. The third kappa shape index (κ3) is 2.37. The van der Waals surface area contributed by atoms with Crippen LogP contribution in [0.25, 0.3) is 0 Å². The molecule has 6 heteroatoms. The average molecular weight is 204 g/mol. The Bertz CT molecular complexity index is 319. The first-order chi connectivity index (χ1) is 6.08. The molecule has 1 aliphatic heterocycles. The highest BCUT2D eigenvalue weighted by atomic mass is 32.2. The zero-order valence-electron chi connectivity index (χ0n) is 7.43. The van der Waals surface area contributed by atoms with Gasteiger partial charge >= 0.3 is 10.2 Å². The van der Waals surface area contributed by atoms with Crippen LogP contribution in [0.15, 0.2) is 4.40 Å². The van der Waals surface area contributed by atoms with Crippen LogP contribution in [-0.4, -0.2) is 31.4 Å². The van der Waals surface area contributed by atoms with Gasteiger partial charge < -0.3 is 0 Å². The molecule has 0 aromatic carbocycles. The highest BCUT2D eigenvalue weighted by molar-refractivity contribution is 7.87. The van der Waals surface area contributed by atoms with Gasteiger partial charge in [0.2, 0.25) is 0 Å². The molecule has 1 heterocycles. The van der Waals surface area contributed by atoms with Crippen LogP contribution in [0.4, 0.5) is 0 Å². The summed E-state index contributed by atoms with van der Waals surface area (Å²) in [6.45, 7) is 2.27. The van der Waals surface area contributed by atoms with E-state index in [-0.39, 0.29) is 6.04 Å². The molecule has 1 unspecified atom stereocenters. The van der Waals surface area contributed by atoms with E-state index in [0.29, 0.717) is 6.54 Å². The van der Waals surface area contributed by atoms with Gasteiger partial charge in [-0.25, -0.2) is 4.79 Å². The van der Waals surface area contributed by atoms with Crippen molar-refractivity contribution in [1.29, 1.82) is 0 Å². The van der Waals surface area contributed by atoms with Gasteiger partial charge in [0.15, 0.2) is 0 Å². The predicted molar refractivity (Wildman–Crippen MR) is 47.1 cm³/mol. The van der Waals surface area contributed by atoms with Crippen LogP contribution < -0.4 is 0 Å². The van der Waals surface area contributed by atoms with E-state index in [0.717, 1.165) is 25.3 Å². The fourth-order valence-electron chi connectivity index (χ4n) is 1.51. The largest absolute Gasteiger partial charge is 0.333 e. The fraction of sp³-hybridized carbons (Fsp3) is 0.857. The Balaban J connectivity index is 2.86. The van der Waals surface area contributed by atoms with Gasteiger partial charge in [0.25, 0.3) is 6.08 Å². The Labute approximate surface area is 77.6 Å². The minimum atomic E-state index is -3.75. The monoisotopic (exact) mass is 204 g/mol. The van der Waals surface area contributed by atoms with Crippen molar-refractivity contribution >= 4 is 16.3 Å². The second kappa shape index (κ2) is 4.00. The van der Waals surface area contributed by atoms with Gasteiger partial charge in [-0.3, -0.25) is 0 Å². The number of piperidine rings is 1. The molecule has 0 saturated carbocycles. The number of rotatable bonds is 2. The summed E-state index contributed by atoms with van der Waals surface area (Å²) in [6.07, 6.45) is 3.76. The smallest absolute Gasteiger partial charge is 0.210 e. The van der Waals surface area contributed by atoms with E-state index >= 15 is 0 Å². The van der Waals surface area contributed by atoms with Gasteiger partial charge in [-0.05, 0) is 19.8 Å². The Morgan fingerprint density at radius 1 is 1.46 bits per heavy atom. The summed E-state index contributed by atoms with van der Waals surface area (Å²) in [5.74, 6) is 0. The molecule has 0 aromatic heterocycles. The molecule has 1 rings (SSSR count). The average Bonchev–Trinajstić information content (AvgIpc) is 2.04. The highest BCUT2D eigenvalue weighted by Gasteiger charge is 2.28. The lowest BCUT2D eigenvalue weighted by atomic mass is 10.1. The summed E-state index contributed by atoms with van der Waals surface area (Å²) in [5.41, 5.74) is 0. The van der Waals surface area contributed by atoms with Crippen LogP contribution in [0.1, 0.15) is 26.2 Å². The van der Waals surface area contributed by atoms with Crippen LogP contribution in [0.2, 0.25) is 0 Å². The Morgan fingerprint density at radius 2 is 2.15 bits per heavy atom. The minimum Gasteiger partial charge on any atom is -0.210 e. The number of isocyanates is 1. The van der Waals surface area contributed by atoms with E-state index in [9.17, 15) is 13.2 Å². The first kappa shape index (κ1) is 10.4. The van der Waals surface area contributed by atoms with Crippen molar-refractivity contribution in [3.05, 3.63) is 0 Å². The lowest BCUT2D eigenvalue weighted by molar-refractivity contribution is 0.269. The van der Waals surface area contributed by atoms with Crippen molar-refractivity contribution in [2.75, 3.05) is 6.54 Å². The maximum absolute atomic E-state index is 11.3. The molecule has 1 fully saturated rings. The van der Waals surface area contributed by atoms with Crippen molar-refractivity contribution in [3.63, 3.8) is 0 Å². The van der Waals surface area contributed by atoms with Crippen molar-refractivity contribution in [1.82, 2.24) is 4.31 Å². The van der Waals surface area contributed by atoms with E-state index in [1.165, 1.54) is 4.31 Å². The molecule has 0 aromatic rings.